The predicted octanol–water partition coefficient (Wildman–Crippen LogP) is 2.32. The number of amides is 2. The van der Waals surface area contributed by atoms with Gasteiger partial charge in [-0.25, -0.2) is 4.98 Å². The monoisotopic (exact) mass is 391 g/mol. The summed E-state index contributed by atoms with van der Waals surface area (Å²) in [6, 6.07) is 4.87. The molecule has 144 valence electrons. The molecule has 9 heteroatoms. The summed E-state index contributed by atoms with van der Waals surface area (Å²) in [5, 5.41) is 7.43. The molecule has 0 bridgehead atoms. The molecule has 3 rings (SSSR count). The number of carbonyl (C=O) groups excluding carboxylic acids is 2. The van der Waals surface area contributed by atoms with Gasteiger partial charge in [0.15, 0.2) is 5.13 Å². The Kier molecular flexibility index (Phi) is 6.25. The average molecular weight is 391 g/mol. The zero-order chi connectivity index (χ0) is 19.2. The van der Waals surface area contributed by atoms with Gasteiger partial charge in [0, 0.05) is 30.2 Å². The Bertz CT molecular complexity index is 795. The van der Waals surface area contributed by atoms with Crippen molar-refractivity contribution in [3.63, 3.8) is 0 Å². The average Bonchev–Trinajstić information content (AvgIpc) is 3.37. The van der Waals surface area contributed by atoms with Gasteiger partial charge in [-0.15, -0.1) is 11.3 Å². The molecule has 2 aromatic rings. The number of thiazole rings is 1. The van der Waals surface area contributed by atoms with E-state index in [9.17, 15) is 9.59 Å². The lowest BCUT2D eigenvalue weighted by molar-refractivity contribution is 0.0854. The van der Waals surface area contributed by atoms with Crippen molar-refractivity contribution in [2.75, 3.05) is 32.7 Å². The van der Waals surface area contributed by atoms with Gasteiger partial charge in [0.25, 0.3) is 11.8 Å². The fourth-order valence-electron chi connectivity index (χ4n) is 2.65. The first-order chi connectivity index (χ1) is 13.1. The van der Waals surface area contributed by atoms with Gasteiger partial charge < -0.3 is 19.5 Å². The standard InChI is InChI=1S/C18H21N3O5S/c1-24-13-6-11(7-14(8-13)25-2)16(22)21-18-20-15(10-27-18)17(23)19-9-12-4-3-5-26-12/h6-8,10,12H,3-5,9H2,1-2H3,(H,19,23)(H,20,21,22). The fourth-order valence-corrected chi connectivity index (χ4v) is 3.33. The molecule has 1 aromatic heterocycles. The van der Waals surface area contributed by atoms with Crippen molar-refractivity contribution in [1.29, 1.82) is 0 Å². The van der Waals surface area contributed by atoms with Crippen LogP contribution in [0.3, 0.4) is 0 Å². The summed E-state index contributed by atoms with van der Waals surface area (Å²) < 4.78 is 15.8. The molecule has 8 nitrogen and oxygen atoms in total. The van der Waals surface area contributed by atoms with E-state index in [4.69, 9.17) is 14.2 Å². The van der Waals surface area contributed by atoms with Crippen molar-refractivity contribution in [1.82, 2.24) is 10.3 Å². The van der Waals surface area contributed by atoms with E-state index in [1.165, 1.54) is 25.6 Å². The smallest absolute Gasteiger partial charge is 0.270 e. The van der Waals surface area contributed by atoms with Crippen molar-refractivity contribution in [2.45, 2.75) is 18.9 Å². The number of benzene rings is 1. The van der Waals surface area contributed by atoms with Crippen LogP contribution in [0.15, 0.2) is 23.6 Å². The second-order valence-corrected chi connectivity index (χ2v) is 6.80. The van der Waals surface area contributed by atoms with E-state index >= 15 is 0 Å². The van der Waals surface area contributed by atoms with E-state index < -0.39 is 0 Å². The number of carbonyl (C=O) groups is 2. The lowest BCUT2D eigenvalue weighted by Crippen LogP contribution is -2.31. The summed E-state index contributed by atoms with van der Waals surface area (Å²) in [6.07, 6.45) is 2.03. The van der Waals surface area contributed by atoms with Gasteiger partial charge in [-0.3, -0.25) is 14.9 Å². The summed E-state index contributed by atoms with van der Waals surface area (Å²) in [6.45, 7) is 1.20. The maximum absolute atomic E-state index is 12.5. The van der Waals surface area contributed by atoms with Gasteiger partial charge in [0.2, 0.25) is 0 Å². The lowest BCUT2D eigenvalue weighted by atomic mass is 10.2. The second kappa shape index (κ2) is 8.83. The topological polar surface area (TPSA) is 98.8 Å². The van der Waals surface area contributed by atoms with Crippen molar-refractivity contribution in [3.8, 4) is 11.5 Å². The minimum atomic E-state index is -0.368. The molecule has 1 saturated heterocycles. The largest absolute Gasteiger partial charge is 0.497 e. The van der Waals surface area contributed by atoms with Crippen LogP contribution < -0.4 is 20.1 Å². The number of nitrogens with one attached hydrogen (secondary N) is 2. The highest BCUT2D eigenvalue weighted by atomic mass is 32.1. The molecule has 27 heavy (non-hydrogen) atoms. The molecule has 2 heterocycles. The summed E-state index contributed by atoms with van der Waals surface area (Å²) in [4.78, 5) is 28.8. The Labute approximate surface area is 160 Å². The Balaban J connectivity index is 1.61. The van der Waals surface area contributed by atoms with Gasteiger partial charge in [0.1, 0.15) is 17.2 Å². The molecule has 0 spiro atoms. The summed E-state index contributed by atoms with van der Waals surface area (Å²) in [5.41, 5.74) is 0.627. The molecule has 0 radical (unpaired) electrons. The Hall–Kier alpha value is -2.65. The minimum Gasteiger partial charge on any atom is -0.497 e. The van der Waals surface area contributed by atoms with E-state index in [-0.39, 0.29) is 23.6 Å². The van der Waals surface area contributed by atoms with Crippen LogP contribution in [0.25, 0.3) is 0 Å². The highest BCUT2D eigenvalue weighted by Crippen LogP contribution is 2.24. The maximum atomic E-state index is 12.5. The molecule has 1 atom stereocenters. The van der Waals surface area contributed by atoms with Gasteiger partial charge >= 0.3 is 0 Å². The molecule has 1 aliphatic heterocycles. The molecule has 1 unspecified atom stereocenters. The molecule has 1 aromatic carbocycles. The van der Waals surface area contributed by atoms with Gasteiger partial charge in [0.05, 0.1) is 20.3 Å². The molecule has 1 aliphatic rings. The Morgan fingerprint density at radius 1 is 1.22 bits per heavy atom. The molecule has 1 fully saturated rings. The van der Waals surface area contributed by atoms with Crippen molar-refractivity contribution >= 4 is 28.3 Å². The first kappa shape index (κ1) is 19.1. The van der Waals surface area contributed by atoms with Crippen LogP contribution in [0.2, 0.25) is 0 Å². The van der Waals surface area contributed by atoms with Crippen molar-refractivity contribution in [2.24, 2.45) is 0 Å². The molecule has 0 aliphatic carbocycles. The third-order valence-corrected chi connectivity index (χ3v) is 4.84. The van der Waals surface area contributed by atoms with Crippen LogP contribution in [0.1, 0.15) is 33.7 Å². The van der Waals surface area contributed by atoms with E-state index in [0.717, 1.165) is 19.4 Å². The first-order valence-electron chi connectivity index (χ1n) is 8.49. The van der Waals surface area contributed by atoms with Crippen LogP contribution in [0, 0.1) is 0 Å². The summed E-state index contributed by atoms with van der Waals surface area (Å²) in [7, 11) is 3.03. The molecular formula is C18H21N3O5S. The van der Waals surface area contributed by atoms with Gasteiger partial charge in [-0.1, -0.05) is 0 Å². The number of anilines is 1. The molecule has 2 N–H and O–H groups in total. The van der Waals surface area contributed by atoms with Crippen LogP contribution in [-0.2, 0) is 4.74 Å². The number of rotatable bonds is 7. The van der Waals surface area contributed by atoms with E-state index in [2.05, 4.69) is 15.6 Å². The highest BCUT2D eigenvalue weighted by molar-refractivity contribution is 7.14. The van der Waals surface area contributed by atoms with Crippen LogP contribution in [0.4, 0.5) is 5.13 Å². The summed E-state index contributed by atoms with van der Waals surface area (Å²) in [5.74, 6) is 0.360. The first-order valence-corrected chi connectivity index (χ1v) is 9.36. The quantitative estimate of drug-likeness (QED) is 0.752. The van der Waals surface area contributed by atoms with Crippen molar-refractivity contribution in [3.05, 3.63) is 34.8 Å². The number of nitrogens with zero attached hydrogens (tertiary/aromatic N) is 1. The number of hydrogen-bond acceptors (Lipinski definition) is 7. The zero-order valence-electron chi connectivity index (χ0n) is 15.1. The van der Waals surface area contributed by atoms with Crippen LogP contribution >= 0.6 is 11.3 Å². The number of methoxy groups -OCH3 is 2. The number of hydrogen-bond donors (Lipinski definition) is 2. The summed E-state index contributed by atoms with van der Waals surface area (Å²) >= 11 is 1.18. The highest BCUT2D eigenvalue weighted by Gasteiger charge is 2.18. The molecule has 0 saturated carbocycles. The predicted molar refractivity (Wildman–Crippen MR) is 101 cm³/mol. The van der Waals surface area contributed by atoms with Crippen LogP contribution in [0.5, 0.6) is 11.5 Å². The third kappa shape index (κ3) is 4.95. The fraction of sp³-hybridized carbons (Fsp3) is 0.389. The number of ether oxygens (including phenoxy) is 3. The van der Waals surface area contributed by atoms with Gasteiger partial charge in [-0.05, 0) is 25.0 Å². The molecule has 2 amide bonds. The normalized spacial score (nSPS) is 16.0. The zero-order valence-corrected chi connectivity index (χ0v) is 15.9. The second-order valence-electron chi connectivity index (χ2n) is 5.94. The van der Waals surface area contributed by atoms with Crippen LogP contribution in [-0.4, -0.2) is 50.3 Å². The minimum absolute atomic E-state index is 0.0646. The van der Waals surface area contributed by atoms with E-state index in [1.54, 1.807) is 23.6 Å². The molecular weight excluding hydrogens is 370 g/mol. The van der Waals surface area contributed by atoms with E-state index in [0.29, 0.717) is 28.7 Å². The Morgan fingerprint density at radius 2 is 1.96 bits per heavy atom. The van der Waals surface area contributed by atoms with Crippen molar-refractivity contribution < 1.29 is 23.8 Å². The Morgan fingerprint density at radius 3 is 2.59 bits per heavy atom. The van der Waals surface area contributed by atoms with E-state index in [1.807, 2.05) is 0 Å². The number of aromatic nitrogens is 1. The lowest BCUT2D eigenvalue weighted by Gasteiger charge is -2.09. The van der Waals surface area contributed by atoms with Gasteiger partial charge in [-0.2, -0.15) is 0 Å². The maximum Gasteiger partial charge on any atom is 0.270 e. The third-order valence-electron chi connectivity index (χ3n) is 4.09. The SMILES string of the molecule is COc1cc(OC)cc(C(=O)Nc2nc(C(=O)NCC3CCCO3)cs2)c1.